The van der Waals surface area contributed by atoms with Crippen LogP contribution < -0.4 is 15.4 Å². The SMILES string of the molecule is CNC(=O)COc1cccc(NC(=O)CCc2nc(-c3ccc(C)cc3)no2)c1. The lowest BCUT2D eigenvalue weighted by Gasteiger charge is -2.08. The molecule has 0 aliphatic rings. The molecule has 2 aromatic carbocycles. The predicted octanol–water partition coefficient (Wildman–Crippen LogP) is 2.74. The van der Waals surface area contributed by atoms with Crippen molar-refractivity contribution in [3.05, 3.63) is 60.0 Å². The smallest absolute Gasteiger partial charge is 0.257 e. The Morgan fingerprint density at radius 2 is 1.90 bits per heavy atom. The van der Waals surface area contributed by atoms with Crippen LogP contribution in [0.4, 0.5) is 5.69 Å². The molecule has 0 atom stereocenters. The molecule has 0 saturated carbocycles. The van der Waals surface area contributed by atoms with E-state index in [2.05, 4.69) is 20.8 Å². The van der Waals surface area contributed by atoms with Crippen LogP contribution in [-0.4, -0.2) is 35.6 Å². The summed E-state index contributed by atoms with van der Waals surface area (Å²) in [4.78, 5) is 27.8. The summed E-state index contributed by atoms with van der Waals surface area (Å²) in [5, 5.41) is 9.23. The number of rotatable bonds is 8. The van der Waals surface area contributed by atoms with Gasteiger partial charge in [0.15, 0.2) is 6.61 Å². The molecule has 2 amide bonds. The fraction of sp³-hybridized carbons (Fsp3) is 0.238. The molecule has 0 spiro atoms. The van der Waals surface area contributed by atoms with Gasteiger partial charge in [0, 0.05) is 37.2 Å². The Labute approximate surface area is 168 Å². The van der Waals surface area contributed by atoms with Gasteiger partial charge in [0.25, 0.3) is 5.91 Å². The second kappa shape index (κ2) is 9.50. The van der Waals surface area contributed by atoms with Gasteiger partial charge in [-0.25, -0.2) is 0 Å². The minimum absolute atomic E-state index is 0.0889. The highest BCUT2D eigenvalue weighted by Gasteiger charge is 2.11. The molecule has 8 nitrogen and oxygen atoms in total. The largest absolute Gasteiger partial charge is 0.484 e. The van der Waals surface area contributed by atoms with Gasteiger partial charge in [0.1, 0.15) is 5.75 Å². The van der Waals surface area contributed by atoms with E-state index in [1.807, 2.05) is 31.2 Å². The Morgan fingerprint density at radius 1 is 1.10 bits per heavy atom. The van der Waals surface area contributed by atoms with Crippen molar-refractivity contribution in [3.8, 4) is 17.1 Å². The minimum Gasteiger partial charge on any atom is -0.484 e. The van der Waals surface area contributed by atoms with Crippen LogP contribution in [-0.2, 0) is 16.0 Å². The molecule has 0 unspecified atom stereocenters. The standard InChI is InChI=1S/C21H22N4O4/c1-14-6-8-15(9-7-14)21-24-20(29-25-21)11-10-18(26)23-16-4-3-5-17(12-16)28-13-19(27)22-2/h3-9,12H,10-11,13H2,1-2H3,(H,22,27)(H,23,26). The lowest BCUT2D eigenvalue weighted by molar-refractivity contribution is -0.122. The summed E-state index contributed by atoms with van der Waals surface area (Å²) < 4.78 is 10.6. The van der Waals surface area contributed by atoms with E-state index >= 15 is 0 Å². The van der Waals surface area contributed by atoms with E-state index in [-0.39, 0.29) is 24.8 Å². The molecule has 1 aromatic heterocycles. The van der Waals surface area contributed by atoms with E-state index in [9.17, 15) is 9.59 Å². The topological polar surface area (TPSA) is 106 Å². The van der Waals surface area contributed by atoms with Crippen LogP contribution >= 0.6 is 0 Å². The number of hydrogen-bond acceptors (Lipinski definition) is 6. The normalized spacial score (nSPS) is 10.4. The molecule has 8 heteroatoms. The number of benzene rings is 2. The predicted molar refractivity (Wildman–Crippen MR) is 107 cm³/mol. The van der Waals surface area contributed by atoms with Gasteiger partial charge in [-0.2, -0.15) is 4.98 Å². The zero-order valence-corrected chi connectivity index (χ0v) is 16.3. The number of ether oxygens (including phenoxy) is 1. The van der Waals surface area contributed by atoms with Gasteiger partial charge in [-0.15, -0.1) is 0 Å². The zero-order valence-electron chi connectivity index (χ0n) is 16.3. The average molecular weight is 394 g/mol. The maximum Gasteiger partial charge on any atom is 0.257 e. The number of hydrogen-bond donors (Lipinski definition) is 2. The van der Waals surface area contributed by atoms with Gasteiger partial charge in [-0.3, -0.25) is 9.59 Å². The van der Waals surface area contributed by atoms with Crippen LogP contribution in [0.15, 0.2) is 53.1 Å². The van der Waals surface area contributed by atoms with Gasteiger partial charge < -0.3 is 19.9 Å². The second-order valence-electron chi connectivity index (χ2n) is 6.42. The monoisotopic (exact) mass is 394 g/mol. The highest BCUT2D eigenvalue weighted by atomic mass is 16.5. The van der Waals surface area contributed by atoms with E-state index in [4.69, 9.17) is 9.26 Å². The highest BCUT2D eigenvalue weighted by molar-refractivity contribution is 5.91. The molecule has 3 aromatic rings. The van der Waals surface area contributed by atoms with Crippen molar-refractivity contribution in [2.24, 2.45) is 0 Å². The molecule has 0 radical (unpaired) electrons. The number of likely N-dealkylation sites (N-methyl/N-ethyl adjacent to an activating group) is 1. The van der Waals surface area contributed by atoms with E-state index in [0.717, 1.165) is 11.1 Å². The van der Waals surface area contributed by atoms with Crippen molar-refractivity contribution in [3.63, 3.8) is 0 Å². The number of anilines is 1. The maximum atomic E-state index is 12.2. The molecule has 1 heterocycles. The van der Waals surface area contributed by atoms with Crippen molar-refractivity contribution in [1.29, 1.82) is 0 Å². The van der Waals surface area contributed by atoms with Gasteiger partial charge >= 0.3 is 0 Å². The first-order chi connectivity index (χ1) is 14.0. The van der Waals surface area contributed by atoms with E-state index in [1.165, 1.54) is 7.05 Å². The molecule has 0 aliphatic heterocycles. The Hall–Kier alpha value is -3.68. The molecule has 3 rings (SSSR count). The summed E-state index contributed by atoms with van der Waals surface area (Å²) in [6.07, 6.45) is 0.524. The Kier molecular flexibility index (Phi) is 6.57. The molecule has 150 valence electrons. The number of carbonyl (C=O) groups excluding carboxylic acids is 2. The molecule has 0 saturated heterocycles. The molecule has 0 fully saturated rings. The van der Waals surface area contributed by atoms with E-state index in [0.29, 0.717) is 29.6 Å². The zero-order chi connectivity index (χ0) is 20.6. The molecule has 2 N–H and O–H groups in total. The first kappa shape index (κ1) is 20.1. The summed E-state index contributed by atoms with van der Waals surface area (Å²) >= 11 is 0. The van der Waals surface area contributed by atoms with Crippen LogP contribution in [0.5, 0.6) is 5.75 Å². The first-order valence-corrected chi connectivity index (χ1v) is 9.16. The first-order valence-electron chi connectivity index (χ1n) is 9.16. The molecule has 0 aliphatic carbocycles. The van der Waals surface area contributed by atoms with Crippen molar-refractivity contribution in [2.45, 2.75) is 19.8 Å². The molecular weight excluding hydrogens is 372 g/mol. The van der Waals surface area contributed by atoms with Gasteiger partial charge in [-0.1, -0.05) is 41.1 Å². The third-order valence-electron chi connectivity index (χ3n) is 4.11. The van der Waals surface area contributed by atoms with Crippen molar-refractivity contribution >= 4 is 17.5 Å². The van der Waals surface area contributed by atoms with Crippen LogP contribution in [0.1, 0.15) is 17.9 Å². The molecule has 0 bridgehead atoms. The number of aryl methyl sites for hydroxylation is 2. The van der Waals surface area contributed by atoms with Crippen molar-refractivity contribution in [2.75, 3.05) is 19.0 Å². The van der Waals surface area contributed by atoms with Crippen LogP contribution in [0, 0.1) is 6.92 Å². The number of nitrogens with one attached hydrogen (secondary N) is 2. The lowest BCUT2D eigenvalue weighted by atomic mass is 10.1. The fourth-order valence-corrected chi connectivity index (χ4v) is 2.50. The summed E-state index contributed by atoms with van der Waals surface area (Å²) in [5.41, 5.74) is 2.59. The average Bonchev–Trinajstić information content (AvgIpc) is 3.20. The van der Waals surface area contributed by atoms with Crippen LogP contribution in [0.25, 0.3) is 11.4 Å². The van der Waals surface area contributed by atoms with Crippen LogP contribution in [0.3, 0.4) is 0 Å². The van der Waals surface area contributed by atoms with Gasteiger partial charge in [-0.05, 0) is 19.1 Å². The van der Waals surface area contributed by atoms with E-state index in [1.54, 1.807) is 24.3 Å². The third-order valence-corrected chi connectivity index (χ3v) is 4.11. The van der Waals surface area contributed by atoms with Crippen molar-refractivity contribution < 1.29 is 18.8 Å². The van der Waals surface area contributed by atoms with Crippen molar-refractivity contribution in [1.82, 2.24) is 15.5 Å². The summed E-state index contributed by atoms with van der Waals surface area (Å²) in [6.45, 7) is 1.92. The van der Waals surface area contributed by atoms with Gasteiger partial charge in [0.2, 0.25) is 17.6 Å². The fourth-order valence-electron chi connectivity index (χ4n) is 2.50. The number of amides is 2. The number of nitrogens with zero attached hydrogens (tertiary/aromatic N) is 2. The quantitative estimate of drug-likeness (QED) is 0.608. The lowest BCUT2D eigenvalue weighted by Crippen LogP contribution is -2.24. The van der Waals surface area contributed by atoms with Gasteiger partial charge in [0.05, 0.1) is 0 Å². The Balaban J connectivity index is 1.51. The number of aromatic nitrogens is 2. The summed E-state index contributed by atoms with van der Waals surface area (Å²) in [6, 6.07) is 14.7. The number of carbonyl (C=O) groups is 2. The third kappa shape index (κ3) is 5.90. The Morgan fingerprint density at radius 3 is 2.66 bits per heavy atom. The summed E-state index contributed by atoms with van der Waals surface area (Å²) in [7, 11) is 1.54. The molecule has 29 heavy (non-hydrogen) atoms. The molecular formula is C21H22N4O4. The van der Waals surface area contributed by atoms with Crippen LogP contribution in [0.2, 0.25) is 0 Å². The van der Waals surface area contributed by atoms with E-state index < -0.39 is 0 Å². The maximum absolute atomic E-state index is 12.2. The highest BCUT2D eigenvalue weighted by Crippen LogP contribution is 2.19. The summed E-state index contributed by atoms with van der Waals surface area (Å²) in [5.74, 6) is 0.971. The minimum atomic E-state index is -0.232. The Bertz CT molecular complexity index is 982. The second-order valence-corrected chi connectivity index (χ2v) is 6.42.